The molecule has 1 fully saturated rings. The van der Waals surface area contributed by atoms with Crippen molar-refractivity contribution in [2.24, 2.45) is 11.7 Å². The van der Waals surface area contributed by atoms with Crippen LogP contribution in [-0.4, -0.2) is 59.9 Å². The zero-order valence-corrected chi connectivity index (χ0v) is 13.1. The molecule has 2 rings (SSSR count). The Morgan fingerprint density at radius 1 is 1.55 bits per heavy atom. The number of hydrogen-bond donors (Lipinski definition) is 1. The van der Waals surface area contributed by atoms with Crippen molar-refractivity contribution < 1.29 is 0 Å². The summed E-state index contributed by atoms with van der Waals surface area (Å²) in [6.45, 7) is 7.35. The standard InChI is InChI=1S/C15H29N5/c1-4-6-20-12-14(9-17-20)15(8-16)19(3)11-13-5-7-18(2)10-13/h9,12-13,15H,4-8,10-11,16H2,1-3H3. The minimum Gasteiger partial charge on any atom is -0.329 e. The highest BCUT2D eigenvalue weighted by Crippen LogP contribution is 2.22. The summed E-state index contributed by atoms with van der Waals surface area (Å²) in [7, 11) is 4.39. The molecule has 0 saturated carbocycles. The van der Waals surface area contributed by atoms with Crippen LogP contribution in [0.3, 0.4) is 0 Å². The van der Waals surface area contributed by atoms with Gasteiger partial charge in [0.15, 0.2) is 0 Å². The third kappa shape index (κ3) is 3.81. The van der Waals surface area contributed by atoms with Crippen molar-refractivity contribution in [1.29, 1.82) is 0 Å². The highest BCUT2D eigenvalue weighted by Gasteiger charge is 2.24. The van der Waals surface area contributed by atoms with Crippen molar-refractivity contribution in [3.63, 3.8) is 0 Å². The van der Waals surface area contributed by atoms with Crippen molar-refractivity contribution >= 4 is 0 Å². The first-order valence-corrected chi connectivity index (χ1v) is 7.75. The van der Waals surface area contributed by atoms with Crippen LogP contribution in [0.15, 0.2) is 12.4 Å². The molecule has 1 saturated heterocycles. The van der Waals surface area contributed by atoms with Crippen LogP contribution in [0.5, 0.6) is 0 Å². The highest BCUT2D eigenvalue weighted by atomic mass is 15.3. The van der Waals surface area contributed by atoms with Gasteiger partial charge in [0.1, 0.15) is 0 Å². The van der Waals surface area contributed by atoms with Crippen LogP contribution in [0.1, 0.15) is 31.4 Å². The molecule has 0 aromatic carbocycles. The molecule has 1 aromatic rings. The van der Waals surface area contributed by atoms with Gasteiger partial charge < -0.3 is 10.6 Å². The topological polar surface area (TPSA) is 50.3 Å². The fourth-order valence-corrected chi connectivity index (χ4v) is 3.18. The molecule has 0 aliphatic carbocycles. The first-order valence-electron chi connectivity index (χ1n) is 7.75. The Hall–Kier alpha value is -0.910. The molecule has 20 heavy (non-hydrogen) atoms. The number of likely N-dealkylation sites (N-methyl/N-ethyl adjacent to an activating group) is 1. The van der Waals surface area contributed by atoms with E-state index in [0.717, 1.165) is 25.4 Å². The second kappa shape index (κ2) is 7.20. The molecule has 2 unspecified atom stereocenters. The van der Waals surface area contributed by atoms with Crippen molar-refractivity contribution in [3.05, 3.63) is 18.0 Å². The minimum atomic E-state index is 0.284. The number of nitrogens with two attached hydrogens (primary N) is 1. The molecule has 2 heterocycles. The number of nitrogens with zero attached hydrogens (tertiary/aromatic N) is 4. The summed E-state index contributed by atoms with van der Waals surface area (Å²) < 4.78 is 2.02. The van der Waals surface area contributed by atoms with Gasteiger partial charge in [-0.1, -0.05) is 6.92 Å². The van der Waals surface area contributed by atoms with Gasteiger partial charge in [0.2, 0.25) is 0 Å². The number of aromatic nitrogens is 2. The lowest BCUT2D eigenvalue weighted by molar-refractivity contribution is 0.211. The van der Waals surface area contributed by atoms with E-state index in [1.165, 1.54) is 25.1 Å². The van der Waals surface area contributed by atoms with Crippen LogP contribution in [0.2, 0.25) is 0 Å². The first-order chi connectivity index (χ1) is 9.63. The van der Waals surface area contributed by atoms with E-state index in [9.17, 15) is 0 Å². The van der Waals surface area contributed by atoms with E-state index >= 15 is 0 Å². The number of rotatable bonds is 7. The maximum absolute atomic E-state index is 6.00. The third-order valence-corrected chi connectivity index (χ3v) is 4.28. The van der Waals surface area contributed by atoms with Crippen molar-refractivity contribution in [3.8, 4) is 0 Å². The second-order valence-electron chi connectivity index (χ2n) is 6.14. The largest absolute Gasteiger partial charge is 0.329 e. The molecule has 5 nitrogen and oxygen atoms in total. The van der Waals surface area contributed by atoms with Gasteiger partial charge in [0.05, 0.1) is 6.20 Å². The number of aryl methyl sites for hydroxylation is 1. The van der Waals surface area contributed by atoms with E-state index in [2.05, 4.69) is 42.1 Å². The van der Waals surface area contributed by atoms with Crippen LogP contribution in [0.4, 0.5) is 0 Å². The molecule has 0 spiro atoms. The summed E-state index contributed by atoms with van der Waals surface area (Å²) in [5.41, 5.74) is 7.25. The lowest BCUT2D eigenvalue weighted by Gasteiger charge is -2.28. The Morgan fingerprint density at radius 3 is 2.95 bits per heavy atom. The van der Waals surface area contributed by atoms with Crippen LogP contribution in [0.25, 0.3) is 0 Å². The average molecular weight is 279 g/mol. The zero-order valence-electron chi connectivity index (χ0n) is 13.1. The summed E-state index contributed by atoms with van der Waals surface area (Å²) in [6.07, 6.45) is 6.54. The van der Waals surface area contributed by atoms with Crippen molar-refractivity contribution in [2.75, 3.05) is 40.3 Å². The monoisotopic (exact) mass is 279 g/mol. The van der Waals surface area contributed by atoms with Gasteiger partial charge in [-0.15, -0.1) is 0 Å². The Kier molecular flexibility index (Phi) is 5.57. The molecular weight excluding hydrogens is 250 g/mol. The van der Waals surface area contributed by atoms with E-state index in [0.29, 0.717) is 6.54 Å². The summed E-state index contributed by atoms with van der Waals surface area (Å²) in [5, 5.41) is 4.43. The minimum absolute atomic E-state index is 0.284. The third-order valence-electron chi connectivity index (χ3n) is 4.28. The maximum atomic E-state index is 6.00. The van der Waals surface area contributed by atoms with E-state index < -0.39 is 0 Å². The van der Waals surface area contributed by atoms with Crippen LogP contribution in [0, 0.1) is 5.92 Å². The quantitative estimate of drug-likeness (QED) is 0.814. The lowest BCUT2D eigenvalue weighted by atomic mass is 10.1. The molecule has 0 amide bonds. The zero-order chi connectivity index (χ0) is 14.5. The Balaban J connectivity index is 1.95. The Labute approximate surface area is 122 Å². The van der Waals surface area contributed by atoms with Gasteiger partial charge in [0, 0.05) is 44.0 Å². The van der Waals surface area contributed by atoms with Crippen LogP contribution >= 0.6 is 0 Å². The van der Waals surface area contributed by atoms with Gasteiger partial charge in [0.25, 0.3) is 0 Å². The molecule has 1 aliphatic heterocycles. The second-order valence-corrected chi connectivity index (χ2v) is 6.14. The summed E-state index contributed by atoms with van der Waals surface area (Å²) in [6, 6.07) is 0.284. The van der Waals surface area contributed by atoms with E-state index in [-0.39, 0.29) is 6.04 Å². The summed E-state index contributed by atoms with van der Waals surface area (Å²) >= 11 is 0. The van der Waals surface area contributed by atoms with Gasteiger partial charge in [-0.25, -0.2) is 0 Å². The van der Waals surface area contributed by atoms with E-state index in [4.69, 9.17) is 5.73 Å². The first kappa shape index (κ1) is 15.5. The van der Waals surface area contributed by atoms with Crippen LogP contribution in [-0.2, 0) is 6.54 Å². The Morgan fingerprint density at radius 2 is 2.35 bits per heavy atom. The van der Waals surface area contributed by atoms with Gasteiger partial charge in [-0.05, 0) is 39.4 Å². The maximum Gasteiger partial charge on any atom is 0.0538 e. The van der Waals surface area contributed by atoms with E-state index in [1.54, 1.807) is 0 Å². The molecular formula is C15H29N5. The van der Waals surface area contributed by atoms with Crippen molar-refractivity contribution in [2.45, 2.75) is 32.4 Å². The van der Waals surface area contributed by atoms with Crippen molar-refractivity contribution in [1.82, 2.24) is 19.6 Å². The predicted octanol–water partition coefficient (Wildman–Crippen LogP) is 1.18. The van der Waals surface area contributed by atoms with Gasteiger partial charge in [-0.2, -0.15) is 5.10 Å². The molecule has 2 N–H and O–H groups in total. The molecule has 5 heteroatoms. The lowest BCUT2D eigenvalue weighted by Crippen LogP contribution is -2.34. The normalized spacial score (nSPS) is 21.8. The smallest absolute Gasteiger partial charge is 0.0538 e. The molecule has 2 atom stereocenters. The van der Waals surface area contributed by atoms with Crippen LogP contribution < -0.4 is 5.73 Å². The van der Waals surface area contributed by atoms with E-state index in [1.807, 2.05) is 10.9 Å². The number of likely N-dealkylation sites (tertiary alicyclic amines) is 1. The molecule has 1 aromatic heterocycles. The predicted molar refractivity (Wildman–Crippen MR) is 82.5 cm³/mol. The fourth-order valence-electron chi connectivity index (χ4n) is 3.18. The average Bonchev–Trinajstić information content (AvgIpc) is 3.01. The SMILES string of the molecule is CCCn1cc(C(CN)N(C)CC2CCN(C)C2)cn1. The summed E-state index contributed by atoms with van der Waals surface area (Å²) in [5.74, 6) is 0.768. The molecule has 114 valence electrons. The Bertz CT molecular complexity index is 403. The number of hydrogen-bond acceptors (Lipinski definition) is 4. The fraction of sp³-hybridized carbons (Fsp3) is 0.800. The van der Waals surface area contributed by atoms with Gasteiger partial charge in [-0.3, -0.25) is 9.58 Å². The molecule has 0 bridgehead atoms. The molecule has 1 aliphatic rings. The summed E-state index contributed by atoms with van der Waals surface area (Å²) in [4.78, 5) is 4.81. The highest BCUT2D eigenvalue weighted by molar-refractivity contribution is 5.11. The van der Waals surface area contributed by atoms with Gasteiger partial charge >= 0.3 is 0 Å². The molecule has 0 radical (unpaired) electrons.